The van der Waals surface area contributed by atoms with Crippen molar-refractivity contribution in [2.75, 3.05) is 13.1 Å². The summed E-state index contributed by atoms with van der Waals surface area (Å²) in [5, 5.41) is 0. The number of halogens is 1. The van der Waals surface area contributed by atoms with Crippen molar-refractivity contribution in [3.8, 4) is 0 Å². The third-order valence-electron chi connectivity index (χ3n) is 3.48. The highest BCUT2D eigenvalue weighted by Gasteiger charge is 2.11. The van der Waals surface area contributed by atoms with Crippen molar-refractivity contribution in [3.63, 3.8) is 0 Å². The molecule has 3 heteroatoms. The van der Waals surface area contributed by atoms with E-state index in [4.69, 9.17) is 5.73 Å². The molecule has 1 fully saturated rings. The van der Waals surface area contributed by atoms with Gasteiger partial charge in [-0.1, -0.05) is 18.9 Å². The van der Waals surface area contributed by atoms with Crippen molar-refractivity contribution in [1.82, 2.24) is 4.90 Å². The molecule has 17 heavy (non-hydrogen) atoms. The molecule has 1 aliphatic heterocycles. The van der Waals surface area contributed by atoms with Crippen LogP contribution in [-0.4, -0.2) is 18.0 Å². The summed E-state index contributed by atoms with van der Waals surface area (Å²) in [5.74, 6) is -0.190. The van der Waals surface area contributed by atoms with Crippen molar-refractivity contribution >= 4 is 0 Å². The third kappa shape index (κ3) is 3.51. The van der Waals surface area contributed by atoms with Crippen LogP contribution < -0.4 is 5.73 Å². The average molecular weight is 236 g/mol. The lowest BCUT2D eigenvalue weighted by Gasteiger charge is -2.21. The van der Waals surface area contributed by atoms with Gasteiger partial charge in [0.2, 0.25) is 0 Å². The molecule has 2 N–H and O–H groups in total. The second kappa shape index (κ2) is 6.12. The molecular formula is C14H21FN2. The van der Waals surface area contributed by atoms with Gasteiger partial charge in [0.25, 0.3) is 0 Å². The summed E-state index contributed by atoms with van der Waals surface area (Å²) in [4.78, 5) is 2.46. The zero-order chi connectivity index (χ0) is 12.1. The fourth-order valence-corrected chi connectivity index (χ4v) is 2.47. The summed E-state index contributed by atoms with van der Waals surface area (Å²) in [5.41, 5.74) is 7.79. The smallest absolute Gasteiger partial charge is 0.123 e. The molecule has 1 aromatic carbocycles. The maximum absolute atomic E-state index is 13.1. The molecular weight excluding hydrogens is 215 g/mol. The van der Waals surface area contributed by atoms with Crippen LogP contribution in [0.15, 0.2) is 18.2 Å². The van der Waals surface area contributed by atoms with E-state index in [1.165, 1.54) is 37.3 Å². The largest absolute Gasteiger partial charge is 0.326 e. The molecule has 0 spiro atoms. The summed E-state index contributed by atoms with van der Waals surface area (Å²) in [7, 11) is 0. The first-order valence-corrected chi connectivity index (χ1v) is 6.49. The number of rotatable bonds is 3. The van der Waals surface area contributed by atoms with E-state index >= 15 is 0 Å². The Hall–Kier alpha value is -0.930. The van der Waals surface area contributed by atoms with E-state index in [-0.39, 0.29) is 5.82 Å². The monoisotopic (exact) mass is 236 g/mol. The highest BCUT2D eigenvalue weighted by molar-refractivity contribution is 5.27. The van der Waals surface area contributed by atoms with Crippen LogP contribution in [0.3, 0.4) is 0 Å². The Labute approximate surface area is 103 Å². The Morgan fingerprint density at radius 2 is 1.76 bits per heavy atom. The van der Waals surface area contributed by atoms with E-state index in [1.54, 1.807) is 6.07 Å². The van der Waals surface area contributed by atoms with Crippen LogP contribution in [0.25, 0.3) is 0 Å². The molecule has 1 heterocycles. The van der Waals surface area contributed by atoms with Crippen LogP contribution in [-0.2, 0) is 13.1 Å². The van der Waals surface area contributed by atoms with Crippen LogP contribution in [0, 0.1) is 5.82 Å². The summed E-state index contributed by atoms with van der Waals surface area (Å²) >= 11 is 0. The van der Waals surface area contributed by atoms with Crippen molar-refractivity contribution in [2.45, 2.75) is 38.8 Å². The Morgan fingerprint density at radius 1 is 1.06 bits per heavy atom. The quantitative estimate of drug-likeness (QED) is 0.874. The van der Waals surface area contributed by atoms with Crippen LogP contribution in [0.2, 0.25) is 0 Å². The van der Waals surface area contributed by atoms with Gasteiger partial charge < -0.3 is 5.73 Å². The van der Waals surface area contributed by atoms with Gasteiger partial charge in [-0.3, -0.25) is 4.90 Å². The number of benzene rings is 1. The van der Waals surface area contributed by atoms with Crippen LogP contribution in [0.4, 0.5) is 4.39 Å². The standard InChI is InChI=1S/C14H21FN2/c15-14-6-5-12(13(9-14)10-16)11-17-7-3-1-2-4-8-17/h5-6,9H,1-4,7-8,10-11,16H2. The van der Waals surface area contributed by atoms with E-state index in [0.717, 1.165) is 25.2 Å². The normalized spacial score (nSPS) is 18.0. The summed E-state index contributed by atoms with van der Waals surface area (Å²) in [6.45, 7) is 3.64. The molecule has 94 valence electrons. The predicted octanol–water partition coefficient (Wildman–Crippen LogP) is 2.66. The molecule has 0 amide bonds. The Balaban J connectivity index is 2.06. The molecule has 0 aromatic heterocycles. The second-order valence-corrected chi connectivity index (χ2v) is 4.81. The molecule has 0 atom stereocenters. The lowest BCUT2D eigenvalue weighted by molar-refractivity contribution is 0.276. The van der Waals surface area contributed by atoms with E-state index in [1.807, 2.05) is 6.07 Å². The van der Waals surface area contributed by atoms with Gasteiger partial charge in [-0.2, -0.15) is 0 Å². The molecule has 2 rings (SSSR count). The summed E-state index contributed by atoms with van der Waals surface area (Å²) in [6, 6.07) is 4.97. The number of hydrogen-bond acceptors (Lipinski definition) is 2. The summed E-state index contributed by atoms with van der Waals surface area (Å²) in [6.07, 6.45) is 5.23. The number of hydrogen-bond donors (Lipinski definition) is 1. The van der Waals surface area contributed by atoms with Gasteiger partial charge in [-0.05, 0) is 49.2 Å². The average Bonchev–Trinajstić information content (AvgIpc) is 2.60. The SMILES string of the molecule is NCc1cc(F)ccc1CN1CCCCCC1. The molecule has 1 aliphatic rings. The maximum atomic E-state index is 13.1. The zero-order valence-corrected chi connectivity index (χ0v) is 10.3. The molecule has 1 saturated heterocycles. The number of nitrogens with two attached hydrogens (primary N) is 1. The molecule has 0 saturated carbocycles. The lowest BCUT2D eigenvalue weighted by Crippen LogP contribution is -2.24. The van der Waals surface area contributed by atoms with Gasteiger partial charge in [0.15, 0.2) is 0 Å². The van der Waals surface area contributed by atoms with E-state index in [0.29, 0.717) is 6.54 Å². The van der Waals surface area contributed by atoms with Crippen LogP contribution >= 0.6 is 0 Å². The van der Waals surface area contributed by atoms with Crippen LogP contribution in [0.5, 0.6) is 0 Å². The first-order chi connectivity index (χ1) is 8.29. The molecule has 0 radical (unpaired) electrons. The highest BCUT2D eigenvalue weighted by Crippen LogP contribution is 2.16. The summed E-state index contributed by atoms with van der Waals surface area (Å²) < 4.78 is 13.1. The fourth-order valence-electron chi connectivity index (χ4n) is 2.47. The van der Waals surface area contributed by atoms with E-state index in [2.05, 4.69) is 4.90 Å². The van der Waals surface area contributed by atoms with E-state index in [9.17, 15) is 4.39 Å². The molecule has 1 aromatic rings. The minimum Gasteiger partial charge on any atom is -0.326 e. The highest BCUT2D eigenvalue weighted by atomic mass is 19.1. The van der Waals surface area contributed by atoms with Gasteiger partial charge in [-0.25, -0.2) is 4.39 Å². The first kappa shape index (κ1) is 12.5. The molecule has 2 nitrogen and oxygen atoms in total. The van der Waals surface area contributed by atoms with Gasteiger partial charge in [0, 0.05) is 13.1 Å². The molecule has 0 aliphatic carbocycles. The molecule has 0 unspecified atom stereocenters. The number of likely N-dealkylation sites (tertiary alicyclic amines) is 1. The topological polar surface area (TPSA) is 29.3 Å². The fraction of sp³-hybridized carbons (Fsp3) is 0.571. The van der Waals surface area contributed by atoms with Crippen molar-refractivity contribution in [3.05, 3.63) is 35.1 Å². The van der Waals surface area contributed by atoms with Gasteiger partial charge >= 0.3 is 0 Å². The maximum Gasteiger partial charge on any atom is 0.123 e. The van der Waals surface area contributed by atoms with Crippen LogP contribution in [0.1, 0.15) is 36.8 Å². The van der Waals surface area contributed by atoms with Crippen molar-refractivity contribution < 1.29 is 4.39 Å². The predicted molar refractivity (Wildman–Crippen MR) is 68.0 cm³/mol. The van der Waals surface area contributed by atoms with E-state index < -0.39 is 0 Å². The van der Waals surface area contributed by atoms with Gasteiger partial charge in [-0.15, -0.1) is 0 Å². The Morgan fingerprint density at radius 3 is 2.41 bits per heavy atom. The van der Waals surface area contributed by atoms with Crippen molar-refractivity contribution in [2.24, 2.45) is 5.73 Å². The minimum absolute atomic E-state index is 0.190. The van der Waals surface area contributed by atoms with Gasteiger partial charge in [0.05, 0.1) is 0 Å². The molecule has 0 bridgehead atoms. The Kier molecular flexibility index (Phi) is 4.51. The first-order valence-electron chi connectivity index (χ1n) is 6.49. The Bertz CT molecular complexity index is 357. The zero-order valence-electron chi connectivity index (χ0n) is 10.3. The van der Waals surface area contributed by atoms with Crippen molar-refractivity contribution in [1.29, 1.82) is 0 Å². The number of nitrogens with zero attached hydrogens (tertiary/aromatic N) is 1. The van der Waals surface area contributed by atoms with Gasteiger partial charge in [0.1, 0.15) is 5.82 Å². The third-order valence-corrected chi connectivity index (χ3v) is 3.48. The minimum atomic E-state index is -0.190. The lowest BCUT2D eigenvalue weighted by atomic mass is 10.1. The second-order valence-electron chi connectivity index (χ2n) is 4.81.